The monoisotopic (exact) mass is 187 g/mol. The molecule has 1 aliphatic carbocycles. The van der Waals surface area contributed by atoms with Gasteiger partial charge in [-0.05, 0) is 19.9 Å². The van der Waals surface area contributed by atoms with Gasteiger partial charge in [-0.15, -0.1) is 0 Å². The normalized spacial score (nSPS) is 22.2. The van der Waals surface area contributed by atoms with E-state index in [-0.39, 0.29) is 6.61 Å². The van der Waals surface area contributed by atoms with Crippen LogP contribution in [0.2, 0.25) is 0 Å². The smallest absolute Gasteiger partial charge is 0.0774 e. The zero-order valence-electron chi connectivity index (χ0n) is 8.50. The second-order valence-electron chi connectivity index (χ2n) is 4.25. The van der Waals surface area contributed by atoms with Gasteiger partial charge in [-0.3, -0.25) is 0 Å². The van der Waals surface area contributed by atoms with Crippen LogP contribution in [0.1, 0.15) is 32.1 Å². The van der Waals surface area contributed by atoms with Crippen LogP contribution in [0.15, 0.2) is 0 Å². The number of rotatable bonds is 4. The van der Waals surface area contributed by atoms with Crippen LogP contribution in [-0.2, 0) is 0 Å². The molecular weight excluding hydrogens is 166 g/mol. The molecule has 0 aromatic heterocycles. The maximum absolute atomic E-state index is 10.1. The minimum atomic E-state index is -0.484. The van der Waals surface area contributed by atoms with Crippen LogP contribution >= 0.6 is 0 Å². The molecule has 78 valence electrons. The molecule has 3 heteroatoms. The third kappa shape index (κ3) is 3.63. The lowest BCUT2D eigenvalue weighted by molar-refractivity contribution is -0.0229. The van der Waals surface area contributed by atoms with Crippen molar-refractivity contribution < 1.29 is 10.2 Å². The molecule has 0 bridgehead atoms. The van der Waals surface area contributed by atoms with E-state index in [0.29, 0.717) is 13.1 Å². The number of likely N-dealkylation sites (N-methyl/N-ethyl adjacent to an activating group) is 1. The summed E-state index contributed by atoms with van der Waals surface area (Å²) in [6.07, 6.45) is 5.38. The van der Waals surface area contributed by atoms with Gasteiger partial charge in [0.15, 0.2) is 0 Å². The van der Waals surface area contributed by atoms with Crippen molar-refractivity contribution in [2.75, 3.05) is 26.7 Å². The van der Waals surface area contributed by atoms with Crippen LogP contribution < -0.4 is 0 Å². The molecule has 0 spiro atoms. The second-order valence-corrected chi connectivity index (χ2v) is 4.25. The van der Waals surface area contributed by atoms with Gasteiger partial charge in [0.25, 0.3) is 0 Å². The fourth-order valence-corrected chi connectivity index (χ4v) is 2.12. The van der Waals surface area contributed by atoms with Crippen LogP contribution in [0.3, 0.4) is 0 Å². The molecule has 0 atom stereocenters. The highest BCUT2D eigenvalue weighted by molar-refractivity contribution is 4.84. The number of hydrogen-bond donors (Lipinski definition) is 2. The highest BCUT2D eigenvalue weighted by atomic mass is 16.3. The first-order chi connectivity index (χ1) is 6.16. The maximum Gasteiger partial charge on any atom is 0.0774 e. The van der Waals surface area contributed by atoms with Crippen molar-refractivity contribution in [3.63, 3.8) is 0 Å². The Labute approximate surface area is 80.4 Å². The van der Waals surface area contributed by atoms with Crippen molar-refractivity contribution in [1.82, 2.24) is 4.90 Å². The summed E-state index contributed by atoms with van der Waals surface area (Å²) in [7, 11) is 1.95. The van der Waals surface area contributed by atoms with E-state index in [1.54, 1.807) is 0 Å². The van der Waals surface area contributed by atoms with E-state index in [1.165, 1.54) is 6.42 Å². The lowest BCUT2D eigenvalue weighted by Gasteiger charge is -2.35. The minimum Gasteiger partial charge on any atom is -0.395 e. The van der Waals surface area contributed by atoms with E-state index >= 15 is 0 Å². The molecule has 1 aliphatic rings. The molecule has 0 aromatic carbocycles. The summed E-state index contributed by atoms with van der Waals surface area (Å²) < 4.78 is 0. The fourth-order valence-electron chi connectivity index (χ4n) is 2.12. The van der Waals surface area contributed by atoms with E-state index in [4.69, 9.17) is 5.11 Å². The Morgan fingerprint density at radius 2 is 1.85 bits per heavy atom. The minimum absolute atomic E-state index is 0.173. The summed E-state index contributed by atoms with van der Waals surface area (Å²) in [5.41, 5.74) is -0.484. The fraction of sp³-hybridized carbons (Fsp3) is 1.00. The summed E-state index contributed by atoms with van der Waals surface area (Å²) in [4.78, 5) is 2.01. The second kappa shape index (κ2) is 4.94. The molecule has 1 saturated carbocycles. The predicted molar refractivity (Wildman–Crippen MR) is 52.6 cm³/mol. The average Bonchev–Trinajstić information content (AvgIpc) is 2.04. The number of aliphatic hydroxyl groups excluding tert-OH is 1. The first-order valence-corrected chi connectivity index (χ1v) is 5.18. The number of nitrogens with zero attached hydrogens (tertiary/aromatic N) is 1. The number of aliphatic hydroxyl groups is 2. The van der Waals surface area contributed by atoms with Crippen LogP contribution in [0.5, 0.6) is 0 Å². The third-order valence-corrected chi connectivity index (χ3v) is 2.83. The van der Waals surface area contributed by atoms with Crippen LogP contribution in [-0.4, -0.2) is 47.5 Å². The van der Waals surface area contributed by atoms with Gasteiger partial charge in [0, 0.05) is 13.1 Å². The Kier molecular flexibility index (Phi) is 4.16. The predicted octanol–water partition coefficient (Wildman–Crippen LogP) is 0.606. The van der Waals surface area contributed by atoms with Gasteiger partial charge in [0.2, 0.25) is 0 Å². The molecule has 0 amide bonds. The SMILES string of the molecule is CN(CCO)CC1(O)CCCCC1. The van der Waals surface area contributed by atoms with Crippen molar-refractivity contribution >= 4 is 0 Å². The molecule has 1 fully saturated rings. The van der Waals surface area contributed by atoms with E-state index in [9.17, 15) is 5.11 Å². The largest absolute Gasteiger partial charge is 0.395 e. The first kappa shape index (κ1) is 11.0. The summed E-state index contributed by atoms with van der Waals surface area (Å²) in [6.45, 7) is 1.53. The van der Waals surface area contributed by atoms with Crippen LogP contribution in [0, 0.1) is 0 Å². The van der Waals surface area contributed by atoms with Gasteiger partial charge in [0.05, 0.1) is 12.2 Å². The number of hydrogen-bond acceptors (Lipinski definition) is 3. The Bertz CT molecular complexity index is 144. The van der Waals surface area contributed by atoms with Crippen molar-refractivity contribution in [3.05, 3.63) is 0 Å². The maximum atomic E-state index is 10.1. The highest BCUT2D eigenvalue weighted by Crippen LogP contribution is 2.28. The van der Waals surface area contributed by atoms with E-state index in [2.05, 4.69) is 0 Å². The van der Waals surface area contributed by atoms with Crippen LogP contribution in [0.25, 0.3) is 0 Å². The zero-order chi connectivity index (χ0) is 9.73. The molecule has 0 heterocycles. The summed E-state index contributed by atoms with van der Waals surface area (Å²) in [5.74, 6) is 0. The standard InChI is InChI=1S/C10H21NO2/c1-11(7-8-12)9-10(13)5-3-2-4-6-10/h12-13H,2-9H2,1H3. The van der Waals surface area contributed by atoms with Crippen molar-refractivity contribution in [2.45, 2.75) is 37.7 Å². The van der Waals surface area contributed by atoms with Crippen molar-refractivity contribution in [1.29, 1.82) is 0 Å². The van der Waals surface area contributed by atoms with Gasteiger partial charge in [-0.1, -0.05) is 19.3 Å². The van der Waals surface area contributed by atoms with E-state index in [1.807, 2.05) is 11.9 Å². The Hall–Kier alpha value is -0.120. The van der Waals surface area contributed by atoms with E-state index in [0.717, 1.165) is 25.7 Å². The van der Waals surface area contributed by atoms with Gasteiger partial charge in [0.1, 0.15) is 0 Å². The molecule has 2 N–H and O–H groups in total. The summed E-state index contributed by atoms with van der Waals surface area (Å²) >= 11 is 0. The molecular formula is C10H21NO2. The Morgan fingerprint density at radius 3 is 2.38 bits per heavy atom. The van der Waals surface area contributed by atoms with E-state index < -0.39 is 5.60 Å². The molecule has 0 aliphatic heterocycles. The lowest BCUT2D eigenvalue weighted by Crippen LogP contribution is -2.43. The summed E-state index contributed by atoms with van der Waals surface area (Å²) in [6, 6.07) is 0. The quantitative estimate of drug-likeness (QED) is 0.677. The summed E-state index contributed by atoms with van der Waals surface area (Å²) in [5, 5.41) is 18.9. The molecule has 0 saturated heterocycles. The first-order valence-electron chi connectivity index (χ1n) is 5.18. The molecule has 3 nitrogen and oxygen atoms in total. The van der Waals surface area contributed by atoms with Crippen molar-refractivity contribution in [3.8, 4) is 0 Å². The topological polar surface area (TPSA) is 43.7 Å². The lowest BCUT2D eigenvalue weighted by atomic mass is 9.84. The molecule has 0 unspecified atom stereocenters. The van der Waals surface area contributed by atoms with Crippen molar-refractivity contribution in [2.24, 2.45) is 0 Å². The van der Waals surface area contributed by atoms with Gasteiger partial charge >= 0.3 is 0 Å². The average molecular weight is 187 g/mol. The molecule has 0 radical (unpaired) electrons. The zero-order valence-corrected chi connectivity index (χ0v) is 8.50. The molecule has 0 aromatic rings. The van der Waals surface area contributed by atoms with Crippen LogP contribution in [0.4, 0.5) is 0 Å². The Morgan fingerprint density at radius 1 is 1.23 bits per heavy atom. The van der Waals surface area contributed by atoms with Gasteiger partial charge in [-0.25, -0.2) is 0 Å². The Balaban J connectivity index is 2.31. The van der Waals surface area contributed by atoms with Gasteiger partial charge < -0.3 is 15.1 Å². The third-order valence-electron chi connectivity index (χ3n) is 2.83. The molecule has 1 rings (SSSR count). The van der Waals surface area contributed by atoms with Gasteiger partial charge in [-0.2, -0.15) is 0 Å². The molecule has 13 heavy (non-hydrogen) atoms. The highest BCUT2D eigenvalue weighted by Gasteiger charge is 2.29.